The van der Waals surface area contributed by atoms with Gasteiger partial charge in [0.05, 0.1) is 4.58 Å². The fourth-order valence-corrected chi connectivity index (χ4v) is 10.5. The van der Waals surface area contributed by atoms with Crippen LogP contribution >= 0.6 is 35.3 Å². The van der Waals surface area contributed by atoms with Crippen LogP contribution in [0.3, 0.4) is 0 Å². The number of likely N-dealkylation sites (tertiary alicyclic amines) is 1. The highest BCUT2D eigenvalue weighted by molar-refractivity contribution is 8.16. The minimum atomic E-state index is 0.419. The van der Waals surface area contributed by atoms with Crippen molar-refractivity contribution in [1.29, 1.82) is 0 Å². The van der Waals surface area contributed by atoms with Crippen LogP contribution in [0.15, 0.2) is 0 Å². The fourth-order valence-electron chi connectivity index (χ4n) is 7.78. The number of halogens is 1. The summed E-state index contributed by atoms with van der Waals surface area (Å²) in [5.41, 5.74) is 0.419. The zero-order valence-corrected chi connectivity index (χ0v) is 26.2. The van der Waals surface area contributed by atoms with Gasteiger partial charge in [0.15, 0.2) is 0 Å². The van der Waals surface area contributed by atoms with Gasteiger partial charge in [0, 0.05) is 31.1 Å². The van der Waals surface area contributed by atoms with E-state index in [0.29, 0.717) is 22.8 Å². The van der Waals surface area contributed by atoms with Crippen LogP contribution in [-0.4, -0.2) is 59.4 Å². The summed E-state index contributed by atoms with van der Waals surface area (Å²) in [4.78, 5) is 2.80. The number of nitrogens with zero attached hydrogens (tertiary/aromatic N) is 1. The molecule has 2 saturated heterocycles. The second kappa shape index (κ2) is 14.5. The lowest BCUT2D eigenvalue weighted by molar-refractivity contribution is 0.00453. The summed E-state index contributed by atoms with van der Waals surface area (Å²) in [5.74, 6) is 5.55. The quantitative estimate of drug-likeness (QED) is 0.201. The Balaban J connectivity index is 1.19. The summed E-state index contributed by atoms with van der Waals surface area (Å²) in [7, 11) is 0. The fraction of sp³-hybridized carbons (Fsp3) is 1.00. The van der Waals surface area contributed by atoms with Crippen LogP contribution in [0.4, 0.5) is 0 Å². The molecule has 6 heteroatoms. The van der Waals surface area contributed by atoms with Gasteiger partial charge >= 0.3 is 0 Å². The summed E-state index contributed by atoms with van der Waals surface area (Å²) in [6, 6.07) is 0.609. The first-order valence-electron chi connectivity index (χ1n) is 15.4. The predicted octanol–water partition coefficient (Wildman–Crippen LogP) is 7.64. The molecule has 4 aliphatic rings. The minimum absolute atomic E-state index is 0.419. The Morgan fingerprint density at radius 2 is 1.72 bits per heavy atom. The number of alkyl halides is 1. The number of rotatable bonds is 11. The van der Waals surface area contributed by atoms with Crippen LogP contribution in [0.1, 0.15) is 98.3 Å². The molecule has 36 heavy (non-hydrogen) atoms. The Morgan fingerprint density at radius 1 is 0.972 bits per heavy atom. The van der Waals surface area contributed by atoms with Gasteiger partial charge in [-0.05, 0) is 118 Å². The number of hydrogen-bond donors (Lipinski definition) is 2. The summed E-state index contributed by atoms with van der Waals surface area (Å²) in [6.45, 7) is 16.1. The average molecular weight is 558 g/mol. The summed E-state index contributed by atoms with van der Waals surface area (Å²) in [5, 5.41) is 4.52. The Bertz CT molecular complexity index is 634. The first-order chi connectivity index (χ1) is 17.3. The predicted molar refractivity (Wildman–Crippen MR) is 163 cm³/mol. The second-order valence-corrected chi connectivity index (χ2v) is 17.0. The molecule has 2 saturated carbocycles. The largest absolute Gasteiger partial charge is 0.312 e. The molecular formula is C30H56ClN3S2. The molecule has 0 bridgehead atoms. The molecule has 0 aromatic carbocycles. The highest BCUT2D eigenvalue weighted by atomic mass is 35.5. The molecular weight excluding hydrogens is 502 g/mol. The first kappa shape index (κ1) is 29.8. The molecule has 3 unspecified atom stereocenters. The van der Waals surface area contributed by atoms with Gasteiger partial charge in [-0.15, -0.1) is 23.4 Å². The molecule has 3 nitrogen and oxygen atoms in total. The van der Waals surface area contributed by atoms with Gasteiger partial charge in [-0.3, -0.25) is 4.72 Å². The van der Waals surface area contributed by atoms with E-state index in [4.69, 9.17) is 11.6 Å². The first-order valence-corrected chi connectivity index (χ1v) is 17.8. The van der Waals surface area contributed by atoms with Crippen LogP contribution in [-0.2, 0) is 0 Å². The topological polar surface area (TPSA) is 27.3 Å². The monoisotopic (exact) mass is 557 g/mol. The second-order valence-electron chi connectivity index (χ2n) is 13.7. The maximum absolute atomic E-state index is 6.42. The molecule has 0 aromatic rings. The van der Waals surface area contributed by atoms with Gasteiger partial charge in [-0.2, -0.15) is 0 Å². The highest BCUT2D eigenvalue weighted by Crippen LogP contribution is 2.45. The van der Waals surface area contributed by atoms with Crippen LogP contribution in [0, 0.1) is 35.0 Å². The lowest BCUT2D eigenvalue weighted by atomic mass is 9.64. The molecule has 4 rings (SSSR count). The van der Waals surface area contributed by atoms with E-state index in [1.807, 2.05) is 11.9 Å². The summed E-state index contributed by atoms with van der Waals surface area (Å²) >= 11 is 10.6. The molecule has 5 atom stereocenters. The van der Waals surface area contributed by atoms with Crippen molar-refractivity contribution in [3.63, 3.8) is 0 Å². The minimum Gasteiger partial charge on any atom is -0.312 e. The molecule has 0 spiro atoms. The van der Waals surface area contributed by atoms with Crippen molar-refractivity contribution in [2.75, 3.05) is 38.5 Å². The molecule has 0 radical (unpaired) electrons. The van der Waals surface area contributed by atoms with E-state index < -0.39 is 0 Å². The third-order valence-electron chi connectivity index (χ3n) is 9.96. The molecule has 2 heterocycles. The van der Waals surface area contributed by atoms with E-state index in [1.54, 1.807) is 0 Å². The lowest BCUT2D eigenvalue weighted by Gasteiger charge is -2.49. The number of nitrogens with one attached hydrogen (secondary N) is 2. The molecule has 0 amide bonds. The van der Waals surface area contributed by atoms with Crippen molar-refractivity contribution in [3.8, 4) is 0 Å². The maximum Gasteiger partial charge on any atom is 0.0647 e. The van der Waals surface area contributed by atoms with E-state index in [-0.39, 0.29) is 0 Å². The van der Waals surface area contributed by atoms with E-state index in [2.05, 4.69) is 54.4 Å². The highest BCUT2D eigenvalue weighted by Gasteiger charge is 2.41. The number of hydrogen-bond acceptors (Lipinski definition) is 5. The lowest BCUT2D eigenvalue weighted by Crippen LogP contribution is -2.53. The molecule has 4 fully saturated rings. The van der Waals surface area contributed by atoms with Crippen molar-refractivity contribution < 1.29 is 0 Å². The Labute approximate surface area is 237 Å². The van der Waals surface area contributed by atoms with Crippen molar-refractivity contribution in [1.82, 2.24) is 14.9 Å². The van der Waals surface area contributed by atoms with Gasteiger partial charge in [0.1, 0.15) is 0 Å². The van der Waals surface area contributed by atoms with Gasteiger partial charge in [-0.25, -0.2) is 0 Å². The zero-order chi connectivity index (χ0) is 25.5. The van der Waals surface area contributed by atoms with E-state index in [1.165, 1.54) is 109 Å². The van der Waals surface area contributed by atoms with Crippen molar-refractivity contribution in [2.45, 2.75) is 114 Å². The molecule has 2 N–H and O–H groups in total. The smallest absolute Gasteiger partial charge is 0.0647 e. The van der Waals surface area contributed by atoms with E-state index in [0.717, 1.165) is 28.3 Å². The Morgan fingerprint density at radius 3 is 2.39 bits per heavy atom. The standard InChI is InChI=1S/C30H56ClN3S2/c1-22(2)28(20-34-15-14-27(30(3,4)21-34)25-10-12-26(31)13-11-25)32-18-23-7-5-8-24(17-23)19-33-36-29-9-6-16-35-29/h22-29,32-33H,5-21H2,1-4H3/t23?,24?,25?,26?,27-,28+,29?/m1/s1. The zero-order valence-electron chi connectivity index (χ0n) is 23.8. The molecule has 2 aliphatic carbocycles. The number of thioether (sulfide) groups is 1. The molecule has 2 aliphatic heterocycles. The Kier molecular flexibility index (Phi) is 12.0. The third kappa shape index (κ3) is 8.95. The van der Waals surface area contributed by atoms with Crippen LogP contribution in [0.25, 0.3) is 0 Å². The van der Waals surface area contributed by atoms with E-state index >= 15 is 0 Å². The van der Waals surface area contributed by atoms with Crippen LogP contribution < -0.4 is 10.0 Å². The van der Waals surface area contributed by atoms with Gasteiger partial charge in [0.2, 0.25) is 0 Å². The van der Waals surface area contributed by atoms with E-state index in [9.17, 15) is 0 Å². The van der Waals surface area contributed by atoms with Gasteiger partial charge in [-0.1, -0.05) is 46.1 Å². The van der Waals surface area contributed by atoms with Crippen molar-refractivity contribution >= 4 is 35.3 Å². The number of piperidine rings is 1. The third-order valence-corrected chi connectivity index (χ3v) is 13.1. The SMILES string of the molecule is CC(C)[C@H](CN1CC[C@H](C2CCC(Cl)CC2)C(C)(C)C1)NCC1CCCC(CNSC2CCCS2)C1. The molecule has 0 aromatic heterocycles. The van der Waals surface area contributed by atoms with Crippen LogP contribution in [0.2, 0.25) is 0 Å². The Hall–Kier alpha value is 0.870. The average Bonchev–Trinajstić information content (AvgIpc) is 3.36. The maximum atomic E-state index is 6.42. The van der Waals surface area contributed by atoms with Crippen LogP contribution in [0.5, 0.6) is 0 Å². The summed E-state index contributed by atoms with van der Waals surface area (Å²) in [6.07, 6.45) is 15.0. The summed E-state index contributed by atoms with van der Waals surface area (Å²) < 4.78 is 4.55. The normalized spacial score (nSPS) is 36.8. The van der Waals surface area contributed by atoms with Crippen molar-refractivity contribution in [3.05, 3.63) is 0 Å². The van der Waals surface area contributed by atoms with Gasteiger partial charge in [0.25, 0.3) is 0 Å². The van der Waals surface area contributed by atoms with Crippen molar-refractivity contribution in [2.24, 2.45) is 35.0 Å². The molecule has 210 valence electrons. The van der Waals surface area contributed by atoms with Gasteiger partial charge < -0.3 is 10.2 Å².